The number of nitrogens with one attached hydrogen (secondary N) is 1. The highest BCUT2D eigenvalue weighted by Crippen LogP contribution is 2.07. The second-order valence-corrected chi connectivity index (χ2v) is 3.55. The molecule has 0 bridgehead atoms. The lowest BCUT2D eigenvalue weighted by molar-refractivity contribution is -0.144. The van der Waals surface area contributed by atoms with Gasteiger partial charge in [0.25, 0.3) is 5.91 Å². The molecular formula is C10H16N4O3. The molecule has 0 radical (unpaired) electrons. The van der Waals surface area contributed by atoms with Gasteiger partial charge in [0, 0.05) is 13.2 Å². The highest BCUT2D eigenvalue weighted by atomic mass is 16.5. The molecule has 7 heteroatoms. The van der Waals surface area contributed by atoms with Gasteiger partial charge in [-0.2, -0.15) is 5.10 Å². The third kappa shape index (κ3) is 3.20. The van der Waals surface area contributed by atoms with Crippen molar-refractivity contribution >= 4 is 17.6 Å². The van der Waals surface area contributed by atoms with Crippen LogP contribution in [-0.2, 0) is 16.6 Å². The van der Waals surface area contributed by atoms with E-state index in [1.165, 1.54) is 17.8 Å². The van der Waals surface area contributed by atoms with Crippen molar-refractivity contribution in [2.45, 2.75) is 19.9 Å². The molecule has 0 aliphatic heterocycles. The van der Waals surface area contributed by atoms with Crippen LogP contribution in [0.3, 0.4) is 0 Å². The molecule has 1 heterocycles. The Morgan fingerprint density at radius 1 is 1.65 bits per heavy atom. The maximum absolute atomic E-state index is 11.7. The first-order valence-corrected chi connectivity index (χ1v) is 5.22. The number of aromatic nitrogens is 2. The summed E-state index contributed by atoms with van der Waals surface area (Å²) in [6.45, 7) is 3.50. The van der Waals surface area contributed by atoms with Crippen LogP contribution < -0.4 is 11.1 Å². The van der Waals surface area contributed by atoms with Crippen molar-refractivity contribution in [3.63, 3.8) is 0 Å². The van der Waals surface area contributed by atoms with Gasteiger partial charge in [-0.25, -0.2) is 4.79 Å². The Morgan fingerprint density at radius 2 is 2.29 bits per heavy atom. The van der Waals surface area contributed by atoms with Crippen LogP contribution in [0.5, 0.6) is 0 Å². The normalized spacial score (nSPS) is 11.9. The van der Waals surface area contributed by atoms with E-state index in [-0.39, 0.29) is 18.0 Å². The first-order valence-electron chi connectivity index (χ1n) is 5.22. The van der Waals surface area contributed by atoms with Gasteiger partial charge in [-0.1, -0.05) is 0 Å². The number of nitrogens with two attached hydrogens (primary N) is 1. The highest BCUT2D eigenvalue weighted by molar-refractivity contribution is 5.99. The van der Waals surface area contributed by atoms with Crippen molar-refractivity contribution in [2.24, 2.45) is 7.05 Å². The summed E-state index contributed by atoms with van der Waals surface area (Å²) in [5, 5.41) is 6.36. The summed E-state index contributed by atoms with van der Waals surface area (Å²) < 4.78 is 6.20. The van der Waals surface area contributed by atoms with Crippen LogP contribution in [0.1, 0.15) is 24.3 Å². The van der Waals surface area contributed by atoms with Crippen molar-refractivity contribution in [3.05, 3.63) is 11.9 Å². The van der Waals surface area contributed by atoms with Gasteiger partial charge in [-0.05, 0) is 13.8 Å². The smallest absolute Gasteiger partial charge is 0.328 e. The molecule has 94 valence electrons. The molecule has 1 unspecified atom stereocenters. The van der Waals surface area contributed by atoms with Crippen molar-refractivity contribution in [3.8, 4) is 0 Å². The van der Waals surface area contributed by atoms with E-state index < -0.39 is 17.9 Å². The molecule has 17 heavy (non-hydrogen) atoms. The van der Waals surface area contributed by atoms with E-state index in [0.29, 0.717) is 0 Å². The number of hydrogen-bond donors (Lipinski definition) is 2. The average molecular weight is 240 g/mol. The first kappa shape index (κ1) is 13.0. The third-order valence-electron chi connectivity index (χ3n) is 2.06. The summed E-state index contributed by atoms with van der Waals surface area (Å²) in [5.74, 6) is -0.987. The lowest BCUT2D eigenvalue weighted by Gasteiger charge is -2.11. The summed E-state index contributed by atoms with van der Waals surface area (Å²) in [4.78, 5) is 23.0. The summed E-state index contributed by atoms with van der Waals surface area (Å²) in [6.07, 6.45) is 1.52. The van der Waals surface area contributed by atoms with Gasteiger partial charge >= 0.3 is 5.97 Å². The Bertz CT molecular complexity index is 427. The number of rotatable bonds is 4. The lowest BCUT2D eigenvalue weighted by atomic mass is 10.3. The van der Waals surface area contributed by atoms with Crippen molar-refractivity contribution < 1.29 is 14.3 Å². The van der Waals surface area contributed by atoms with E-state index in [1.807, 2.05) is 0 Å². The zero-order valence-corrected chi connectivity index (χ0v) is 10.1. The minimum Gasteiger partial charge on any atom is -0.464 e. The summed E-state index contributed by atoms with van der Waals surface area (Å²) >= 11 is 0. The highest BCUT2D eigenvalue weighted by Gasteiger charge is 2.20. The summed E-state index contributed by atoms with van der Waals surface area (Å²) in [7, 11) is 1.65. The van der Waals surface area contributed by atoms with Crippen LogP contribution in [0, 0.1) is 0 Å². The van der Waals surface area contributed by atoms with E-state index in [9.17, 15) is 9.59 Å². The van der Waals surface area contributed by atoms with E-state index >= 15 is 0 Å². The molecule has 3 N–H and O–H groups in total. The lowest BCUT2D eigenvalue weighted by Crippen LogP contribution is -2.40. The topological polar surface area (TPSA) is 99.2 Å². The number of esters is 1. The van der Waals surface area contributed by atoms with E-state index in [4.69, 9.17) is 10.5 Å². The Hall–Kier alpha value is -2.05. The van der Waals surface area contributed by atoms with Gasteiger partial charge in [0.15, 0.2) is 5.69 Å². The molecule has 0 spiro atoms. The van der Waals surface area contributed by atoms with Crippen LogP contribution in [0.4, 0.5) is 5.69 Å². The number of hydrogen-bond acceptors (Lipinski definition) is 5. The van der Waals surface area contributed by atoms with Crippen molar-refractivity contribution in [1.82, 2.24) is 15.1 Å². The van der Waals surface area contributed by atoms with Gasteiger partial charge in [0.1, 0.15) is 6.04 Å². The van der Waals surface area contributed by atoms with Gasteiger partial charge in [-0.3, -0.25) is 9.48 Å². The second kappa shape index (κ2) is 5.33. The van der Waals surface area contributed by atoms with E-state index in [1.54, 1.807) is 14.0 Å². The van der Waals surface area contributed by atoms with Crippen LogP contribution in [0.15, 0.2) is 6.20 Å². The van der Waals surface area contributed by atoms with E-state index in [2.05, 4.69) is 10.4 Å². The minimum absolute atomic E-state index is 0.101. The van der Waals surface area contributed by atoms with Gasteiger partial charge < -0.3 is 15.8 Å². The standard InChI is InChI=1S/C10H16N4O3/c1-4-17-10(16)6(2)12-9(15)8-7(11)5-14(3)13-8/h5-6H,4,11H2,1-3H3,(H,12,15). The Balaban J connectivity index is 2.66. The zero-order valence-electron chi connectivity index (χ0n) is 10.1. The number of amides is 1. The predicted molar refractivity (Wildman–Crippen MR) is 61.2 cm³/mol. The Morgan fingerprint density at radius 3 is 2.76 bits per heavy atom. The Labute approximate surface area is 98.9 Å². The molecule has 1 aromatic heterocycles. The summed E-state index contributed by atoms with van der Waals surface area (Å²) in [5.41, 5.74) is 5.96. The number of anilines is 1. The fraction of sp³-hybridized carbons (Fsp3) is 0.500. The zero-order chi connectivity index (χ0) is 13.0. The number of carbonyl (C=O) groups excluding carboxylic acids is 2. The van der Waals surface area contributed by atoms with Crippen molar-refractivity contribution in [2.75, 3.05) is 12.3 Å². The molecule has 0 saturated heterocycles. The largest absolute Gasteiger partial charge is 0.464 e. The predicted octanol–water partition coefficient (Wildman–Crippen LogP) is -0.316. The first-order chi connectivity index (χ1) is 7.95. The molecular weight excluding hydrogens is 224 g/mol. The average Bonchev–Trinajstić information content (AvgIpc) is 2.58. The Kier molecular flexibility index (Phi) is 4.08. The fourth-order valence-electron chi connectivity index (χ4n) is 1.27. The summed E-state index contributed by atoms with van der Waals surface area (Å²) in [6, 6.07) is -0.733. The van der Waals surface area contributed by atoms with E-state index in [0.717, 1.165) is 0 Å². The third-order valence-corrected chi connectivity index (χ3v) is 2.06. The second-order valence-electron chi connectivity index (χ2n) is 3.55. The minimum atomic E-state index is -0.733. The molecule has 0 aliphatic carbocycles. The molecule has 7 nitrogen and oxygen atoms in total. The molecule has 0 aliphatic rings. The van der Waals surface area contributed by atoms with Crippen molar-refractivity contribution in [1.29, 1.82) is 0 Å². The molecule has 0 fully saturated rings. The molecule has 1 rings (SSSR count). The quantitative estimate of drug-likeness (QED) is 0.703. The number of nitrogens with zero attached hydrogens (tertiary/aromatic N) is 2. The monoisotopic (exact) mass is 240 g/mol. The molecule has 0 aromatic carbocycles. The number of aryl methyl sites for hydroxylation is 1. The van der Waals surface area contributed by atoms with Crippen LogP contribution in [0.2, 0.25) is 0 Å². The van der Waals surface area contributed by atoms with Crippen LogP contribution >= 0.6 is 0 Å². The number of ether oxygens (including phenoxy) is 1. The molecule has 1 amide bonds. The SMILES string of the molecule is CCOC(=O)C(C)NC(=O)c1nn(C)cc1N. The van der Waals surface area contributed by atoms with Gasteiger partial charge in [-0.15, -0.1) is 0 Å². The van der Waals surface area contributed by atoms with Gasteiger partial charge in [0.05, 0.1) is 12.3 Å². The molecule has 1 aromatic rings. The maximum atomic E-state index is 11.7. The molecule has 1 atom stereocenters. The van der Waals surface area contributed by atoms with Crippen LogP contribution in [0.25, 0.3) is 0 Å². The molecule has 0 saturated carbocycles. The van der Waals surface area contributed by atoms with Gasteiger partial charge in [0.2, 0.25) is 0 Å². The van der Waals surface area contributed by atoms with Crippen LogP contribution in [-0.4, -0.2) is 34.3 Å². The number of nitrogen functional groups attached to an aromatic ring is 1. The maximum Gasteiger partial charge on any atom is 0.328 e. The fourth-order valence-corrected chi connectivity index (χ4v) is 1.27. The number of carbonyl (C=O) groups is 2.